The number of para-hydroxylation sites is 1. The maximum Gasteiger partial charge on any atom is 0.126 e. The molecule has 5 heteroatoms. The number of rotatable bonds is 1. The van der Waals surface area contributed by atoms with Crippen LogP contribution in [0.15, 0.2) is 36.4 Å². The van der Waals surface area contributed by atoms with Crippen molar-refractivity contribution in [3.63, 3.8) is 0 Å². The van der Waals surface area contributed by atoms with E-state index in [1.165, 1.54) is 12.1 Å². The fraction of sp³-hybridized carbons (Fsp3) is 0.0769. The molecular formula is C13H9ClFN3. The third kappa shape index (κ3) is 1.66. The molecule has 0 spiro atoms. The highest BCUT2D eigenvalue weighted by atomic mass is 35.5. The first kappa shape index (κ1) is 11.2. The van der Waals surface area contributed by atoms with Crippen LogP contribution in [0.3, 0.4) is 0 Å². The third-order valence-electron chi connectivity index (χ3n) is 2.86. The summed E-state index contributed by atoms with van der Waals surface area (Å²) >= 11 is 5.99. The van der Waals surface area contributed by atoms with Crippen molar-refractivity contribution in [1.82, 2.24) is 15.0 Å². The summed E-state index contributed by atoms with van der Waals surface area (Å²) < 4.78 is 15.1. The Kier molecular flexibility index (Phi) is 2.52. The number of halogens is 2. The normalized spacial score (nSPS) is 11.1. The minimum Gasteiger partial charge on any atom is -0.212 e. The Labute approximate surface area is 108 Å². The van der Waals surface area contributed by atoms with Gasteiger partial charge in [0.2, 0.25) is 0 Å². The highest BCUT2D eigenvalue weighted by Gasteiger charge is 2.11. The Morgan fingerprint density at radius 1 is 1.22 bits per heavy atom. The van der Waals surface area contributed by atoms with Gasteiger partial charge in [-0.1, -0.05) is 28.9 Å². The van der Waals surface area contributed by atoms with Gasteiger partial charge in [-0.05, 0) is 36.8 Å². The molecule has 18 heavy (non-hydrogen) atoms. The molecule has 0 amide bonds. The van der Waals surface area contributed by atoms with Gasteiger partial charge >= 0.3 is 0 Å². The molecule has 0 saturated heterocycles. The Bertz CT molecular complexity index is 736. The zero-order valence-corrected chi connectivity index (χ0v) is 10.3. The van der Waals surface area contributed by atoms with Crippen molar-refractivity contribution in [3.8, 4) is 5.69 Å². The Balaban J connectivity index is 2.33. The lowest BCUT2D eigenvalue weighted by molar-refractivity contribution is 0.624. The van der Waals surface area contributed by atoms with Crippen molar-refractivity contribution >= 4 is 22.6 Å². The second-order valence-corrected chi connectivity index (χ2v) is 4.43. The van der Waals surface area contributed by atoms with E-state index in [4.69, 9.17) is 11.6 Å². The van der Waals surface area contributed by atoms with Crippen LogP contribution in [0.1, 0.15) is 5.56 Å². The van der Waals surface area contributed by atoms with Crippen molar-refractivity contribution in [3.05, 3.63) is 52.8 Å². The smallest absolute Gasteiger partial charge is 0.126 e. The van der Waals surface area contributed by atoms with Crippen LogP contribution in [0.4, 0.5) is 4.39 Å². The van der Waals surface area contributed by atoms with E-state index >= 15 is 0 Å². The van der Waals surface area contributed by atoms with E-state index in [1.54, 1.807) is 4.68 Å². The van der Waals surface area contributed by atoms with Crippen LogP contribution < -0.4 is 0 Å². The molecule has 0 aliphatic rings. The average molecular weight is 262 g/mol. The number of aromatic nitrogens is 3. The van der Waals surface area contributed by atoms with Crippen LogP contribution in [0.2, 0.25) is 5.02 Å². The van der Waals surface area contributed by atoms with E-state index in [0.29, 0.717) is 10.7 Å². The molecule has 0 N–H and O–H groups in total. The first-order chi connectivity index (χ1) is 8.66. The molecule has 3 rings (SSSR count). The van der Waals surface area contributed by atoms with Crippen LogP contribution in [0.5, 0.6) is 0 Å². The number of fused-ring (bicyclic) bond motifs is 1. The molecular weight excluding hydrogens is 253 g/mol. The molecule has 3 aromatic rings. The summed E-state index contributed by atoms with van der Waals surface area (Å²) in [6, 6.07) is 10.2. The highest BCUT2D eigenvalue weighted by Crippen LogP contribution is 2.25. The van der Waals surface area contributed by atoms with Crippen molar-refractivity contribution < 1.29 is 4.39 Å². The first-order valence-corrected chi connectivity index (χ1v) is 5.81. The molecule has 0 saturated carbocycles. The third-order valence-corrected chi connectivity index (χ3v) is 3.25. The summed E-state index contributed by atoms with van der Waals surface area (Å²) in [6.45, 7) is 1.83. The highest BCUT2D eigenvalue weighted by molar-refractivity contribution is 6.31. The largest absolute Gasteiger partial charge is 0.212 e. The second-order valence-electron chi connectivity index (χ2n) is 4.02. The van der Waals surface area contributed by atoms with Gasteiger partial charge < -0.3 is 0 Å². The van der Waals surface area contributed by atoms with Crippen LogP contribution in [0.25, 0.3) is 16.7 Å². The number of nitrogens with zero attached hydrogens (tertiary/aromatic N) is 3. The lowest BCUT2D eigenvalue weighted by atomic mass is 10.2. The summed E-state index contributed by atoms with van der Waals surface area (Å²) in [4.78, 5) is 0. The SMILES string of the molecule is Cc1c(Cl)cc(F)cc1-n1nnc2ccccc21. The van der Waals surface area contributed by atoms with E-state index in [2.05, 4.69) is 10.3 Å². The molecule has 0 fully saturated rings. The van der Waals surface area contributed by atoms with E-state index in [9.17, 15) is 4.39 Å². The summed E-state index contributed by atoms with van der Waals surface area (Å²) in [6.07, 6.45) is 0. The van der Waals surface area contributed by atoms with Gasteiger partial charge in [-0.25, -0.2) is 9.07 Å². The molecule has 1 aromatic heterocycles. The van der Waals surface area contributed by atoms with Gasteiger partial charge in [0.15, 0.2) is 0 Å². The summed E-state index contributed by atoms with van der Waals surface area (Å²) in [5.41, 5.74) is 2.96. The van der Waals surface area contributed by atoms with Crippen molar-refractivity contribution in [2.24, 2.45) is 0 Å². The van der Waals surface area contributed by atoms with Crippen LogP contribution >= 0.6 is 11.6 Å². The average Bonchev–Trinajstić information content (AvgIpc) is 2.77. The Hall–Kier alpha value is -1.94. The lowest BCUT2D eigenvalue weighted by Gasteiger charge is -2.08. The summed E-state index contributed by atoms with van der Waals surface area (Å²) in [7, 11) is 0. The molecule has 0 aliphatic carbocycles. The van der Waals surface area contributed by atoms with E-state index in [0.717, 1.165) is 16.6 Å². The Morgan fingerprint density at radius 2 is 2.00 bits per heavy atom. The topological polar surface area (TPSA) is 30.7 Å². The van der Waals surface area contributed by atoms with Crippen molar-refractivity contribution in [2.75, 3.05) is 0 Å². The molecule has 3 nitrogen and oxygen atoms in total. The predicted octanol–water partition coefficient (Wildman–Crippen LogP) is 3.52. The molecule has 1 heterocycles. The van der Waals surface area contributed by atoms with Gasteiger partial charge in [-0.2, -0.15) is 0 Å². The van der Waals surface area contributed by atoms with Gasteiger partial charge in [-0.15, -0.1) is 5.10 Å². The number of benzene rings is 2. The molecule has 0 aliphatic heterocycles. The van der Waals surface area contributed by atoms with Gasteiger partial charge in [0.25, 0.3) is 0 Å². The number of hydrogen-bond donors (Lipinski definition) is 0. The van der Waals surface area contributed by atoms with Gasteiger partial charge in [0.1, 0.15) is 11.3 Å². The Morgan fingerprint density at radius 3 is 2.83 bits per heavy atom. The first-order valence-electron chi connectivity index (χ1n) is 5.43. The zero-order chi connectivity index (χ0) is 12.7. The minimum atomic E-state index is -0.389. The van der Waals surface area contributed by atoms with Crippen LogP contribution in [-0.2, 0) is 0 Å². The second kappa shape index (κ2) is 4.07. The van der Waals surface area contributed by atoms with E-state index in [-0.39, 0.29) is 5.82 Å². The summed E-state index contributed by atoms with van der Waals surface area (Å²) in [5, 5.41) is 8.47. The van der Waals surface area contributed by atoms with Crippen LogP contribution in [0, 0.1) is 12.7 Å². The van der Waals surface area contributed by atoms with E-state index in [1.807, 2.05) is 31.2 Å². The van der Waals surface area contributed by atoms with E-state index < -0.39 is 0 Å². The number of hydrogen-bond acceptors (Lipinski definition) is 2. The molecule has 0 bridgehead atoms. The molecule has 2 aromatic carbocycles. The fourth-order valence-corrected chi connectivity index (χ4v) is 2.10. The zero-order valence-electron chi connectivity index (χ0n) is 9.56. The van der Waals surface area contributed by atoms with Gasteiger partial charge in [0, 0.05) is 5.02 Å². The maximum absolute atomic E-state index is 13.5. The minimum absolute atomic E-state index is 0.379. The monoisotopic (exact) mass is 261 g/mol. The van der Waals surface area contributed by atoms with Gasteiger partial charge in [-0.3, -0.25) is 0 Å². The molecule has 90 valence electrons. The maximum atomic E-state index is 13.5. The van der Waals surface area contributed by atoms with Crippen molar-refractivity contribution in [1.29, 1.82) is 0 Å². The van der Waals surface area contributed by atoms with Gasteiger partial charge in [0.05, 0.1) is 11.2 Å². The summed E-state index contributed by atoms with van der Waals surface area (Å²) in [5.74, 6) is -0.389. The van der Waals surface area contributed by atoms with Crippen molar-refractivity contribution in [2.45, 2.75) is 6.92 Å². The molecule has 0 atom stereocenters. The molecule has 0 unspecified atom stereocenters. The molecule has 0 radical (unpaired) electrons. The standard InChI is InChI=1S/C13H9ClFN3/c1-8-10(14)6-9(15)7-13(8)18-12-5-3-2-4-11(12)16-17-18/h2-7H,1H3. The lowest BCUT2D eigenvalue weighted by Crippen LogP contribution is -2.00. The quantitative estimate of drug-likeness (QED) is 0.671. The predicted molar refractivity (Wildman–Crippen MR) is 68.6 cm³/mol. The van der Waals surface area contributed by atoms with Crippen LogP contribution in [-0.4, -0.2) is 15.0 Å². The fourth-order valence-electron chi connectivity index (χ4n) is 1.90.